The summed E-state index contributed by atoms with van der Waals surface area (Å²) in [6.07, 6.45) is 4.00. The first-order valence-electron chi connectivity index (χ1n) is 5.66. The molecule has 0 bridgehead atoms. The fraction of sp³-hybridized carbons (Fsp3) is 0.909. The summed E-state index contributed by atoms with van der Waals surface area (Å²) < 4.78 is 0. The van der Waals surface area contributed by atoms with E-state index in [1.807, 2.05) is 0 Å². The summed E-state index contributed by atoms with van der Waals surface area (Å²) in [5.41, 5.74) is 5.04. The van der Waals surface area contributed by atoms with Crippen molar-refractivity contribution in [2.24, 2.45) is 11.7 Å². The first-order valence-corrected chi connectivity index (χ1v) is 5.66. The van der Waals surface area contributed by atoms with Gasteiger partial charge < -0.3 is 16.2 Å². The quantitative estimate of drug-likeness (QED) is 0.636. The van der Waals surface area contributed by atoms with E-state index in [1.54, 1.807) is 13.8 Å². The zero-order valence-corrected chi connectivity index (χ0v) is 9.62. The first kappa shape index (κ1) is 12.5. The topological polar surface area (TPSA) is 75.3 Å². The highest BCUT2D eigenvalue weighted by atomic mass is 16.3. The molecule has 1 aliphatic rings. The molecule has 2 atom stereocenters. The third-order valence-electron chi connectivity index (χ3n) is 2.85. The Morgan fingerprint density at radius 2 is 2.07 bits per heavy atom. The average Bonchev–Trinajstić information content (AvgIpc) is 2.14. The Hall–Kier alpha value is -0.610. The molecule has 4 nitrogen and oxygen atoms in total. The average molecular weight is 214 g/mol. The zero-order chi connectivity index (χ0) is 11.5. The second-order valence-electron chi connectivity index (χ2n) is 5.09. The molecular formula is C11H22N2O2. The lowest BCUT2D eigenvalue weighted by atomic mass is 9.84. The van der Waals surface area contributed by atoms with Crippen molar-refractivity contribution < 1.29 is 9.90 Å². The van der Waals surface area contributed by atoms with E-state index >= 15 is 0 Å². The molecule has 1 aliphatic carbocycles. The van der Waals surface area contributed by atoms with Gasteiger partial charge in [0.25, 0.3) is 0 Å². The fourth-order valence-electron chi connectivity index (χ4n) is 1.92. The Kier molecular flexibility index (Phi) is 4.11. The number of nitrogens with one attached hydrogen (secondary N) is 1. The van der Waals surface area contributed by atoms with Crippen LogP contribution >= 0.6 is 0 Å². The second kappa shape index (κ2) is 4.94. The Morgan fingerprint density at radius 3 is 2.60 bits per heavy atom. The SMILES string of the molecule is CC(C)(O)CNC(=O)C1CCCCC1N. The third kappa shape index (κ3) is 4.18. The lowest BCUT2D eigenvalue weighted by molar-refractivity contribution is -0.127. The molecule has 0 aromatic heterocycles. The van der Waals surface area contributed by atoms with Crippen LogP contribution in [-0.4, -0.2) is 29.2 Å². The monoisotopic (exact) mass is 214 g/mol. The van der Waals surface area contributed by atoms with Gasteiger partial charge in [0.05, 0.1) is 11.5 Å². The van der Waals surface area contributed by atoms with Crippen LogP contribution in [0.4, 0.5) is 0 Å². The maximum absolute atomic E-state index is 11.8. The third-order valence-corrected chi connectivity index (χ3v) is 2.85. The summed E-state index contributed by atoms with van der Waals surface area (Å²) in [6.45, 7) is 3.64. The van der Waals surface area contributed by atoms with Crippen LogP contribution < -0.4 is 11.1 Å². The molecule has 0 aromatic rings. The predicted octanol–water partition coefficient (Wildman–Crippen LogP) is 0.391. The normalized spacial score (nSPS) is 27.5. The molecule has 1 amide bonds. The molecule has 1 rings (SSSR count). The molecule has 0 saturated heterocycles. The van der Waals surface area contributed by atoms with E-state index in [0.29, 0.717) is 0 Å². The van der Waals surface area contributed by atoms with E-state index in [-0.39, 0.29) is 24.4 Å². The highest BCUT2D eigenvalue weighted by Gasteiger charge is 2.28. The standard InChI is InChI=1S/C11H22N2O2/c1-11(2,15)7-13-10(14)8-5-3-4-6-9(8)12/h8-9,15H,3-7,12H2,1-2H3,(H,13,14). The lowest BCUT2D eigenvalue weighted by Gasteiger charge is -2.28. The number of rotatable bonds is 3. The summed E-state index contributed by atoms with van der Waals surface area (Å²) in [4.78, 5) is 11.8. The number of aliphatic hydroxyl groups is 1. The Labute approximate surface area is 91.2 Å². The van der Waals surface area contributed by atoms with Gasteiger partial charge in [-0.2, -0.15) is 0 Å². The maximum Gasteiger partial charge on any atom is 0.224 e. The highest BCUT2D eigenvalue weighted by Crippen LogP contribution is 2.23. The van der Waals surface area contributed by atoms with E-state index in [4.69, 9.17) is 5.73 Å². The van der Waals surface area contributed by atoms with Gasteiger partial charge in [-0.15, -0.1) is 0 Å². The molecule has 0 aromatic carbocycles. The van der Waals surface area contributed by atoms with Crippen molar-refractivity contribution in [1.29, 1.82) is 0 Å². The van der Waals surface area contributed by atoms with Crippen molar-refractivity contribution in [1.82, 2.24) is 5.32 Å². The summed E-state index contributed by atoms with van der Waals surface area (Å²) in [6, 6.07) is -0.0134. The number of carbonyl (C=O) groups is 1. The van der Waals surface area contributed by atoms with Gasteiger partial charge >= 0.3 is 0 Å². The Morgan fingerprint density at radius 1 is 1.47 bits per heavy atom. The van der Waals surface area contributed by atoms with Gasteiger partial charge in [0.1, 0.15) is 0 Å². The Bertz CT molecular complexity index is 223. The summed E-state index contributed by atoms with van der Waals surface area (Å²) >= 11 is 0. The Balaban J connectivity index is 2.39. The summed E-state index contributed by atoms with van der Waals surface area (Å²) in [5.74, 6) is -0.0783. The molecule has 1 saturated carbocycles. The van der Waals surface area contributed by atoms with Gasteiger partial charge in [-0.05, 0) is 26.7 Å². The molecule has 0 heterocycles. The molecule has 0 spiro atoms. The van der Waals surface area contributed by atoms with Gasteiger partial charge in [-0.3, -0.25) is 4.79 Å². The minimum Gasteiger partial charge on any atom is -0.389 e. The number of amides is 1. The van der Waals surface area contributed by atoms with Crippen LogP contribution in [0.3, 0.4) is 0 Å². The molecule has 15 heavy (non-hydrogen) atoms. The van der Waals surface area contributed by atoms with Crippen molar-refractivity contribution in [2.75, 3.05) is 6.54 Å². The van der Waals surface area contributed by atoms with Gasteiger partial charge in [-0.1, -0.05) is 12.8 Å². The molecule has 0 aliphatic heterocycles. The van der Waals surface area contributed by atoms with Crippen LogP contribution in [-0.2, 0) is 4.79 Å². The smallest absolute Gasteiger partial charge is 0.224 e. The zero-order valence-electron chi connectivity index (χ0n) is 9.62. The largest absolute Gasteiger partial charge is 0.389 e. The highest BCUT2D eigenvalue weighted by molar-refractivity contribution is 5.79. The lowest BCUT2D eigenvalue weighted by Crippen LogP contribution is -2.47. The van der Waals surface area contributed by atoms with Crippen LogP contribution in [0.2, 0.25) is 0 Å². The molecule has 4 heteroatoms. The van der Waals surface area contributed by atoms with E-state index in [0.717, 1.165) is 25.7 Å². The van der Waals surface area contributed by atoms with Crippen LogP contribution in [0.5, 0.6) is 0 Å². The van der Waals surface area contributed by atoms with Crippen molar-refractivity contribution in [2.45, 2.75) is 51.2 Å². The second-order valence-corrected chi connectivity index (χ2v) is 5.09. The van der Waals surface area contributed by atoms with Gasteiger partial charge in [0.2, 0.25) is 5.91 Å². The molecule has 2 unspecified atom stereocenters. The van der Waals surface area contributed by atoms with Crippen molar-refractivity contribution in [3.05, 3.63) is 0 Å². The number of nitrogens with two attached hydrogens (primary N) is 1. The molecule has 1 fully saturated rings. The number of hydrogen-bond donors (Lipinski definition) is 3. The van der Waals surface area contributed by atoms with E-state index in [9.17, 15) is 9.90 Å². The van der Waals surface area contributed by atoms with Crippen LogP contribution in [0, 0.1) is 5.92 Å². The van der Waals surface area contributed by atoms with Gasteiger partial charge in [0.15, 0.2) is 0 Å². The van der Waals surface area contributed by atoms with E-state index in [1.165, 1.54) is 0 Å². The first-order chi connectivity index (χ1) is 6.90. The van der Waals surface area contributed by atoms with Crippen molar-refractivity contribution in [3.8, 4) is 0 Å². The van der Waals surface area contributed by atoms with Gasteiger partial charge in [-0.25, -0.2) is 0 Å². The van der Waals surface area contributed by atoms with Gasteiger partial charge in [0, 0.05) is 12.6 Å². The van der Waals surface area contributed by atoms with Crippen LogP contribution in [0.1, 0.15) is 39.5 Å². The fourth-order valence-corrected chi connectivity index (χ4v) is 1.92. The van der Waals surface area contributed by atoms with E-state index < -0.39 is 5.60 Å². The van der Waals surface area contributed by atoms with Crippen LogP contribution in [0.15, 0.2) is 0 Å². The van der Waals surface area contributed by atoms with E-state index in [2.05, 4.69) is 5.32 Å². The predicted molar refractivity (Wildman–Crippen MR) is 59.2 cm³/mol. The molecule has 88 valence electrons. The number of carbonyl (C=O) groups excluding carboxylic acids is 1. The molecular weight excluding hydrogens is 192 g/mol. The summed E-state index contributed by atoms with van der Waals surface area (Å²) in [7, 11) is 0. The molecule has 4 N–H and O–H groups in total. The van der Waals surface area contributed by atoms with Crippen molar-refractivity contribution in [3.63, 3.8) is 0 Å². The van der Waals surface area contributed by atoms with Crippen LogP contribution in [0.25, 0.3) is 0 Å². The maximum atomic E-state index is 11.8. The minimum atomic E-state index is -0.853. The van der Waals surface area contributed by atoms with Crippen molar-refractivity contribution >= 4 is 5.91 Å². The minimum absolute atomic E-state index is 0.00988. The summed E-state index contributed by atoms with van der Waals surface area (Å²) in [5, 5.41) is 12.2. The molecule has 0 radical (unpaired) electrons. The number of hydrogen-bond acceptors (Lipinski definition) is 3.